The van der Waals surface area contributed by atoms with Crippen LogP contribution in [0.3, 0.4) is 0 Å². The number of hydrogen-bond donors (Lipinski definition) is 2. The standard InChI is InChI=1S/C24H18Cl2N4O2/c25-21-5-3-19(11-22(21)26)30-12-15-1-2-17(9-16(15)13-30)28-23-6-4-18(10-20(23)24(31)32)29-8-7-27-14-29/h1-11,14,28H,12-13H2,(H,31,32). The average Bonchev–Trinajstić information content (AvgIpc) is 3.45. The van der Waals surface area contributed by atoms with Crippen molar-refractivity contribution in [3.05, 3.63) is 100 Å². The Hall–Kier alpha value is -3.48. The van der Waals surface area contributed by atoms with E-state index in [1.165, 1.54) is 11.1 Å². The van der Waals surface area contributed by atoms with E-state index >= 15 is 0 Å². The summed E-state index contributed by atoms with van der Waals surface area (Å²) in [5.74, 6) is -0.999. The number of carboxylic acids is 1. The molecule has 5 rings (SSSR count). The topological polar surface area (TPSA) is 70.4 Å². The number of fused-ring (bicyclic) bond motifs is 1. The molecule has 8 heteroatoms. The first-order chi connectivity index (χ1) is 15.5. The Morgan fingerprint density at radius 3 is 2.50 bits per heavy atom. The van der Waals surface area contributed by atoms with Crippen LogP contribution < -0.4 is 10.2 Å². The second kappa shape index (κ2) is 8.22. The third kappa shape index (κ3) is 3.90. The number of carboxylic acid groups (broad SMARTS) is 1. The molecule has 0 saturated heterocycles. The first-order valence-electron chi connectivity index (χ1n) is 9.92. The first-order valence-corrected chi connectivity index (χ1v) is 10.7. The maximum absolute atomic E-state index is 11.9. The normalized spacial score (nSPS) is 12.6. The number of nitrogens with zero attached hydrogens (tertiary/aromatic N) is 3. The molecule has 0 bridgehead atoms. The van der Waals surface area contributed by atoms with Gasteiger partial charge in [-0.1, -0.05) is 29.3 Å². The monoisotopic (exact) mass is 464 g/mol. The van der Waals surface area contributed by atoms with E-state index in [0.717, 1.165) is 30.2 Å². The Balaban J connectivity index is 1.39. The van der Waals surface area contributed by atoms with Crippen molar-refractivity contribution in [1.29, 1.82) is 0 Å². The minimum absolute atomic E-state index is 0.189. The molecule has 0 radical (unpaired) electrons. The Kier molecular flexibility index (Phi) is 5.25. The maximum Gasteiger partial charge on any atom is 0.337 e. The Morgan fingerprint density at radius 2 is 1.75 bits per heavy atom. The number of aromatic nitrogens is 2. The number of rotatable bonds is 5. The minimum Gasteiger partial charge on any atom is -0.478 e. The van der Waals surface area contributed by atoms with E-state index in [1.54, 1.807) is 41.5 Å². The number of hydrogen-bond acceptors (Lipinski definition) is 4. The van der Waals surface area contributed by atoms with Gasteiger partial charge in [0.25, 0.3) is 0 Å². The zero-order valence-corrected chi connectivity index (χ0v) is 18.3. The molecule has 160 valence electrons. The van der Waals surface area contributed by atoms with Gasteiger partial charge >= 0.3 is 5.97 Å². The summed E-state index contributed by atoms with van der Waals surface area (Å²) in [5, 5.41) is 14.1. The molecule has 0 amide bonds. The van der Waals surface area contributed by atoms with Gasteiger partial charge in [-0.3, -0.25) is 0 Å². The van der Waals surface area contributed by atoms with Crippen LogP contribution in [0.1, 0.15) is 21.5 Å². The molecule has 6 nitrogen and oxygen atoms in total. The highest BCUT2D eigenvalue weighted by atomic mass is 35.5. The van der Waals surface area contributed by atoms with Crippen LogP contribution in [0.5, 0.6) is 0 Å². The molecule has 4 aromatic rings. The lowest BCUT2D eigenvalue weighted by Gasteiger charge is -2.18. The lowest BCUT2D eigenvalue weighted by molar-refractivity contribution is 0.0698. The van der Waals surface area contributed by atoms with Crippen molar-refractivity contribution in [3.8, 4) is 5.69 Å². The number of benzene rings is 3. The highest BCUT2D eigenvalue weighted by Crippen LogP contribution is 2.34. The van der Waals surface area contributed by atoms with Gasteiger partial charge in [-0.15, -0.1) is 0 Å². The highest BCUT2D eigenvalue weighted by molar-refractivity contribution is 6.42. The fourth-order valence-corrected chi connectivity index (χ4v) is 4.18. The van der Waals surface area contributed by atoms with Crippen molar-refractivity contribution in [2.45, 2.75) is 13.1 Å². The summed E-state index contributed by atoms with van der Waals surface area (Å²) >= 11 is 12.2. The summed E-state index contributed by atoms with van der Waals surface area (Å²) in [5.41, 5.74) is 5.68. The average molecular weight is 465 g/mol. The van der Waals surface area contributed by atoms with Gasteiger partial charge in [0, 0.05) is 42.5 Å². The van der Waals surface area contributed by atoms with Gasteiger partial charge in [-0.05, 0) is 59.7 Å². The Labute approximate surface area is 194 Å². The van der Waals surface area contributed by atoms with Gasteiger partial charge < -0.3 is 19.9 Å². The molecule has 0 aliphatic carbocycles. The largest absolute Gasteiger partial charge is 0.478 e. The number of aromatic carboxylic acids is 1. The van der Waals surface area contributed by atoms with Crippen molar-refractivity contribution in [3.63, 3.8) is 0 Å². The summed E-state index contributed by atoms with van der Waals surface area (Å²) in [6, 6.07) is 17.0. The third-order valence-electron chi connectivity index (χ3n) is 5.51. The molecule has 1 aliphatic heterocycles. The van der Waals surface area contributed by atoms with Crippen LogP contribution in [0, 0.1) is 0 Å². The maximum atomic E-state index is 11.9. The zero-order chi connectivity index (χ0) is 22.2. The summed E-state index contributed by atoms with van der Waals surface area (Å²) in [6.45, 7) is 1.50. The van der Waals surface area contributed by atoms with Crippen LogP contribution in [0.2, 0.25) is 10.0 Å². The summed E-state index contributed by atoms with van der Waals surface area (Å²) in [6.07, 6.45) is 5.06. The molecule has 1 aliphatic rings. The molecule has 0 unspecified atom stereocenters. The van der Waals surface area contributed by atoms with Crippen molar-refractivity contribution in [2.24, 2.45) is 0 Å². The van der Waals surface area contributed by atoms with Gasteiger partial charge in [0.1, 0.15) is 0 Å². The van der Waals surface area contributed by atoms with Gasteiger partial charge in [0.05, 0.1) is 27.6 Å². The van der Waals surface area contributed by atoms with Crippen LogP contribution in [-0.2, 0) is 13.1 Å². The smallest absolute Gasteiger partial charge is 0.337 e. The van der Waals surface area contributed by atoms with E-state index in [0.29, 0.717) is 15.7 Å². The highest BCUT2D eigenvalue weighted by Gasteiger charge is 2.21. The number of nitrogens with one attached hydrogen (secondary N) is 1. The second-order valence-corrected chi connectivity index (χ2v) is 8.38. The van der Waals surface area contributed by atoms with E-state index in [9.17, 15) is 9.90 Å². The number of carbonyl (C=O) groups is 1. The van der Waals surface area contributed by atoms with Crippen molar-refractivity contribution in [1.82, 2.24) is 9.55 Å². The Bertz CT molecular complexity index is 1320. The van der Waals surface area contributed by atoms with Gasteiger partial charge in [0.15, 0.2) is 0 Å². The second-order valence-electron chi connectivity index (χ2n) is 7.57. The van der Waals surface area contributed by atoms with E-state index < -0.39 is 5.97 Å². The van der Waals surface area contributed by atoms with Crippen molar-refractivity contribution in [2.75, 3.05) is 10.2 Å². The van der Waals surface area contributed by atoms with E-state index in [1.807, 2.05) is 24.3 Å². The SMILES string of the molecule is O=C(O)c1cc(-n2ccnc2)ccc1Nc1ccc2c(c1)CN(c1ccc(Cl)c(Cl)c1)C2. The van der Waals surface area contributed by atoms with Crippen LogP contribution in [-0.4, -0.2) is 20.6 Å². The van der Waals surface area contributed by atoms with E-state index in [2.05, 4.69) is 27.3 Å². The van der Waals surface area contributed by atoms with Crippen molar-refractivity contribution < 1.29 is 9.90 Å². The molecule has 0 spiro atoms. The Morgan fingerprint density at radius 1 is 0.938 bits per heavy atom. The van der Waals surface area contributed by atoms with Gasteiger partial charge in [0.2, 0.25) is 0 Å². The predicted molar refractivity (Wildman–Crippen MR) is 127 cm³/mol. The molecular formula is C24H18Cl2N4O2. The zero-order valence-electron chi connectivity index (χ0n) is 16.8. The van der Waals surface area contributed by atoms with E-state index in [-0.39, 0.29) is 5.56 Å². The molecule has 3 aromatic carbocycles. The molecular weight excluding hydrogens is 447 g/mol. The predicted octanol–water partition coefficient (Wildman–Crippen LogP) is 6.14. The molecule has 1 aromatic heterocycles. The minimum atomic E-state index is -0.999. The first kappa shape index (κ1) is 20.4. The van der Waals surface area contributed by atoms with Crippen LogP contribution in [0.15, 0.2) is 73.3 Å². The van der Waals surface area contributed by atoms with E-state index in [4.69, 9.17) is 23.2 Å². The summed E-state index contributed by atoms with van der Waals surface area (Å²) in [4.78, 5) is 18.1. The van der Waals surface area contributed by atoms with Crippen LogP contribution >= 0.6 is 23.2 Å². The number of halogens is 2. The molecule has 0 fully saturated rings. The fourth-order valence-electron chi connectivity index (χ4n) is 3.88. The lowest BCUT2D eigenvalue weighted by atomic mass is 10.1. The molecule has 0 atom stereocenters. The van der Waals surface area contributed by atoms with Crippen molar-refractivity contribution >= 4 is 46.2 Å². The fraction of sp³-hybridized carbons (Fsp3) is 0.0833. The molecule has 2 heterocycles. The number of imidazole rings is 1. The lowest BCUT2D eigenvalue weighted by Crippen LogP contribution is -2.14. The summed E-state index contributed by atoms with van der Waals surface area (Å²) < 4.78 is 1.77. The quantitative estimate of drug-likeness (QED) is 0.371. The molecule has 2 N–H and O–H groups in total. The molecule has 0 saturated carbocycles. The van der Waals surface area contributed by atoms with Crippen LogP contribution in [0.25, 0.3) is 5.69 Å². The molecule has 32 heavy (non-hydrogen) atoms. The van der Waals surface area contributed by atoms with Crippen LogP contribution in [0.4, 0.5) is 17.1 Å². The summed E-state index contributed by atoms with van der Waals surface area (Å²) in [7, 11) is 0. The number of anilines is 3. The van der Waals surface area contributed by atoms with Gasteiger partial charge in [-0.25, -0.2) is 9.78 Å². The third-order valence-corrected chi connectivity index (χ3v) is 6.25. The van der Waals surface area contributed by atoms with Gasteiger partial charge in [-0.2, -0.15) is 0 Å².